The molecule has 0 aromatic carbocycles. The fourth-order valence-electron chi connectivity index (χ4n) is 3.08. The Kier molecular flexibility index (Phi) is 2.95. The molecule has 4 rings (SSSR count). The number of aryl methyl sites for hydroxylation is 1. The Balaban J connectivity index is 1.49. The van der Waals surface area contributed by atoms with Crippen molar-refractivity contribution in [1.29, 1.82) is 0 Å². The van der Waals surface area contributed by atoms with Crippen molar-refractivity contribution < 1.29 is 4.74 Å². The van der Waals surface area contributed by atoms with Crippen LogP contribution in [0, 0.1) is 6.92 Å². The lowest BCUT2D eigenvalue weighted by Gasteiger charge is -2.33. The molecule has 1 spiro atoms. The second-order valence-corrected chi connectivity index (χ2v) is 6.94. The Morgan fingerprint density at radius 1 is 1.43 bits per heavy atom. The molecule has 0 saturated carbocycles. The lowest BCUT2D eigenvalue weighted by molar-refractivity contribution is -0.0832. The average molecular weight is 308 g/mol. The molecule has 2 aliphatic heterocycles. The molecule has 0 bridgehead atoms. The number of aromatic amines is 1. The number of nitrogens with one attached hydrogen (secondary N) is 1. The molecule has 1 atom stereocenters. The third kappa shape index (κ3) is 2.30. The molecule has 0 aliphatic carbocycles. The summed E-state index contributed by atoms with van der Waals surface area (Å²) in [5.41, 5.74) is -0.425. The van der Waals surface area contributed by atoms with Gasteiger partial charge in [0, 0.05) is 13.1 Å². The number of ether oxygens (including phenoxy) is 1. The SMILES string of the molecule is Cc1nnc(CN2CCC3(C2)Cn2c(n[nH]c2=O)CO3)s1. The van der Waals surface area contributed by atoms with Gasteiger partial charge in [-0.2, -0.15) is 5.10 Å². The first-order valence-corrected chi connectivity index (χ1v) is 7.75. The molecule has 1 N–H and O–H groups in total. The van der Waals surface area contributed by atoms with Gasteiger partial charge in [0.15, 0.2) is 5.82 Å². The summed E-state index contributed by atoms with van der Waals surface area (Å²) in [6.07, 6.45) is 0.918. The monoisotopic (exact) mass is 308 g/mol. The van der Waals surface area contributed by atoms with Gasteiger partial charge in [0.2, 0.25) is 0 Å². The molecule has 2 aliphatic rings. The molecule has 21 heavy (non-hydrogen) atoms. The van der Waals surface area contributed by atoms with Crippen molar-refractivity contribution in [3.05, 3.63) is 26.3 Å². The molecule has 0 amide bonds. The van der Waals surface area contributed by atoms with E-state index in [9.17, 15) is 4.79 Å². The largest absolute Gasteiger partial charge is 0.364 e. The van der Waals surface area contributed by atoms with Crippen LogP contribution >= 0.6 is 11.3 Å². The van der Waals surface area contributed by atoms with Crippen LogP contribution in [0.2, 0.25) is 0 Å². The quantitative estimate of drug-likeness (QED) is 0.834. The molecule has 2 aromatic rings. The Morgan fingerprint density at radius 2 is 2.33 bits per heavy atom. The number of likely N-dealkylation sites (tertiary alicyclic amines) is 1. The van der Waals surface area contributed by atoms with Gasteiger partial charge in [0.05, 0.1) is 13.1 Å². The molecule has 0 radical (unpaired) electrons. The maximum absolute atomic E-state index is 11.7. The van der Waals surface area contributed by atoms with Crippen LogP contribution in [0.5, 0.6) is 0 Å². The van der Waals surface area contributed by atoms with Gasteiger partial charge in [-0.3, -0.25) is 9.47 Å². The van der Waals surface area contributed by atoms with Crippen LogP contribution in [0.3, 0.4) is 0 Å². The summed E-state index contributed by atoms with van der Waals surface area (Å²) in [6, 6.07) is 0. The standard InChI is InChI=1S/C12H16N6O2S/c1-8-13-15-10(21-8)4-17-3-2-12(6-17)7-18-9(5-20-12)14-16-11(18)19/h2-7H2,1H3,(H,16,19). The van der Waals surface area contributed by atoms with Crippen LogP contribution in [-0.2, 0) is 24.4 Å². The smallest absolute Gasteiger partial charge is 0.343 e. The van der Waals surface area contributed by atoms with Crippen molar-refractivity contribution in [2.45, 2.75) is 38.6 Å². The van der Waals surface area contributed by atoms with E-state index in [1.807, 2.05) is 6.92 Å². The summed E-state index contributed by atoms with van der Waals surface area (Å²) in [5, 5.41) is 16.7. The molecule has 2 aromatic heterocycles. The van der Waals surface area contributed by atoms with E-state index in [-0.39, 0.29) is 11.3 Å². The van der Waals surface area contributed by atoms with Crippen LogP contribution < -0.4 is 5.69 Å². The summed E-state index contributed by atoms with van der Waals surface area (Å²) >= 11 is 1.63. The first-order valence-electron chi connectivity index (χ1n) is 6.93. The highest BCUT2D eigenvalue weighted by Gasteiger charge is 2.43. The Bertz CT molecular complexity index is 721. The predicted molar refractivity (Wildman–Crippen MR) is 74.9 cm³/mol. The number of hydrogen-bond acceptors (Lipinski definition) is 7. The van der Waals surface area contributed by atoms with E-state index in [0.29, 0.717) is 19.0 Å². The van der Waals surface area contributed by atoms with Crippen LogP contribution in [0.15, 0.2) is 4.79 Å². The fraction of sp³-hybridized carbons (Fsp3) is 0.667. The van der Waals surface area contributed by atoms with Gasteiger partial charge >= 0.3 is 5.69 Å². The van der Waals surface area contributed by atoms with Gasteiger partial charge in [-0.15, -0.1) is 21.5 Å². The number of aromatic nitrogens is 5. The molecule has 8 nitrogen and oxygen atoms in total. The molecular formula is C12H16N6O2S. The number of hydrogen-bond donors (Lipinski definition) is 1. The van der Waals surface area contributed by atoms with Crippen molar-refractivity contribution in [3.63, 3.8) is 0 Å². The zero-order chi connectivity index (χ0) is 14.4. The molecular weight excluding hydrogens is 292 g/mol. The molecule has 9 heteroatoms. The molecule has 1 unspecified atom stereocenters. The van der Waals surface area contributed by atoms with Crippen LogP contribution in [0.4, 0.5) is 0 Å². The molecule has 1 saturated heterocycles. The second kappa shape index (κ2) is 4.72. The normalized spacial score (nSPS) is 25.6. The summed E-state index contributed by atoms with van der Waals surface area (Å²) in [6.45, 7) is 5.48. The van der Waals surface area contributed by atoms with Crippen molar-refractivity contribution in [1.82, 2.24) is 29.9 Å². The third-order valence-electron chi connectivity index (χ3n) is 4.11. The Morgan fingerprint density at radius 3 is 3.14 bits per heavy atom. The van der Waals surface area contributed by atoms with Gasteiger partial charge in [0.25, 0.3) is 0 Å². The minimum atomic E-state index is -0.277. The van der Waals surface area contributed by atoms with Crippen molar-refractivity contribution in [3.8, 4) is 0 Å². The highest BCUT2D eigenvalue weighted by atomic mass is 32.1. The van der Waals surface area contributed by atoms with Gasteiger partial charge in [-0.1, -0.05) is 0 Å². The van der Waals surface area contributed by atoms with E-state index in [0.717, 1.165) is 36.1 Å². The first-order chi connectivity index (χ1) is 10.1. The Labute approximate surface area is 124 Å². The lowest BCUT2D eigenvalue weighted by atomic mass is 10.0. The number of nitrogens with zero attached hydrogens (tertiary/aromatic N) is 5. The third-order valence-corrected chi connectivity index (χ3v) is 4.94. The van der Waals surface area contributed by atoms with E-state index >= 15 is 0 Å². The van der Waals surface area contributed by atoms with Crippen LogP contribution in [0.1, 0.15) is 22.3 Å². The van der Waals surface area contributed by atoms with Gasteiger partial charge in [-0.05, 0) is 13.3 Å². The number of rotatable bonds is 2. The van der Waals surface area contributed by atoms with E-state index in [1.165, 1.54) is 0 Å². The van der Waals surface area contributed by atoms with Crippen LogP contribution in [-0.4, -0.2) is 48.6 Å². The first kappa shape index (κ1) is 13.1. The zero-order valence-corrected chi connectivity index (χ0v) is 12.5. The summed E-state index contributed by atoms with van der Waals surface area (Å²) in [5.74, 6) is 0.684. The Hall–Kier alpha value is -1.58. The lowest BCUT2D eigenvalue weighted by Crippen LogP contribution is -2.46. The maximum Gasteiger partial charge on any atom is 0.343 e. The van der Waals surface area contributed by atoms with E-state index in [2.05, 4.69) is 25.3 Å². The molecule has 4 heterocycles. The predicted octanol–water partition coefficient (Wildman–Crippen LogP) is -0.0938. The highest BCUT2D eigenvalue weighted by Crippen LogP contribution is 2.32. The number of H-pyrrole nitrogens is 1. The van der Waals surface area contributed by atoms with E-state index in [1.54, 1.807) is 15.9 Å². The average Bonchev–Trinajstić information content (AvgIpc) is 3.14. The molecule has 112 valence electrons. The van der Waals surface area contributed by atoms with Gasteiger partial charge < -0.3 is 4.74 Å². The van der Waals surface area contributed by atoms with Gasteiger partial charge in [0.1, 0.15) is 22.2 Å². The number of fused-ring (bicyclic) bond motifs is 1. The zero-order valence-electron chi connectivity index (χ0n) is 11.7. The van der Waals surface area contributed by atoms with Crippen LogP contribution in [0.25, 0.3) is 0 Å². The topological polar surface area (TPSA) is 88.9 Å². The minimum absolute atomic E-state index is 0.147. The van der Waals surface area contributed by atoms with Crippen molar-refractivity contribution in [2.24, 2.45) is 0 Å². The summed E-state index contributed by atoms with van der Waals surface area (Å²) < 4.78 is 7.72. The van der Waals surface area contributed by atoms with Gasteiger partial charge in [-0.25, -0.2) is 9.89 Å². The minimum Gasteiger partial charge on any atom is -0.364 e. The molecule has 1 fully saturated rings. The highest BCUT2D eigenvalue weighted by molar-refractivity contribution is 7.11. The van der Waals surface area contributed by atoms with E-state index < -0.39 is 0 Å². The van der Waals surface area contributed by atoms with Crippen molar-refractivity contribution in [2.75, 3.05) is 13.1 Å². The van der Waals surface area contributed by atoms with Crippen molar-refractivity contribution >= 4 is 11.3 Å². The van der Waals surface area contributed by atoms with E-state index in [4.69, 9.17) is 4.74 Å². The maximum atomic E-state index is 11.7. The summed E-state index contributed by atoms with van der Waals surface area (Å²) in [7, 11) is 0. The second-order valence-electron chi connectivity index (χ2n) is 5.68. The fourth-order valence-corrected chi connectivity index (χ4v) is 3.83. The summed E-state index contributed by atoms with van der Waals surface area (Å²) in [4.78, 5) is 14.1.